The molecule has 5 rings (SSSR count). The zero-order chi connectivity index (χ0) is 20.9. The van der Waals surface area contributed by atoms with Crippen LogP contribution in [0.15, 0.2) is 60.9 Å². The summed E-state index contributed by atoms with van der Waals surface area (Å²) in [6, 6.07) is 13.1. The number of pyridine rings is 2. The van der Waals surface area contributed by atoms with Gasteiger partial charge in [-0.2, -0.15) is 0 Å². The fourth-order valence-electron chi connectivity index (χ4n) is 4.09. The van der Waals surface area contributed by atoms with E-state index in [0.29, 0.717) is 17.8 Å². The molecular formula is C24H26N4O2. The van der Waals surface area contributed by atoms with E-state index in [1.807, 2.05) is 38.1 Å². The van der Waals surface area contributed by atoms with Gasteiger partial charge in [-0.1, -0.05) is 12.1 Å². The standard InChI is InChI=1S/C24H20N4O2.3H2/c1-24(2)19-13-15(3-4-18(19)23(30)28-24)16-5-7-20-17(16)6-8-21(26-20)27-22(29)14-9-11-25-12-10-14;;;/h3-6,8-13H,7H2,1-2H3,(H,28,30)(H,26,27,29);3*1H. The first-order chi connectivity index (χ1) is 14.4. The lowest BCUT2D eigenvalue weighted by molar-refractivity contribution is 0.0939. The molecule has 0 bridgehead atoms. The van der Waals surface area contributed by atoms with Crippen molar-refractivity contribution in [3.63, 3.8) is 0 Å². The van der Waals surface area contributed by atoms with Gasteiger partial charge in [0.1, 0.15) is 5.82 Å². The maximum Gasteiger partial charge on any atom is 0.256 e. The van der Waals surface area contributed by atoms with Crippen LogP contribution in [0.2, 0.25) is 0 Å². The largest absolute Gasteiger partial charge is 0.343 e. The van der Waals surface area contributed by atoms with Gasteiger partial charge >= 0.3 is 0 Å². The molecule has 30 heavy (non-hydrogen) atoms. The van der Waals surface area contributed by atoms with Crippen LogP contribution in [-0.2, 0) is 12.0 Å². The van der Waals surface area contributed by atoms with E-state index in [4.69, 9.17) is 0 Å². The lowest BCUT2D eigenvalue weighted by Gasteiger charge is -2.20. The third-order valence-corrected chi connectivity index (χ3v) is 5.62. The van der Waals surface area contributed by atoms with Gasteiger partial charge in [0, 0.05) is 39.8 Å². The van der Waals surface area contributed by atoms with Gasteiger partial charge in [0.2, 0.25) is 0 Å². The lowest BCUT2D eigenvalue weighted by Crippen LogP contribution is -2.32. The normalized spacial score (nSPS) is 15.8. The molecule has 3 heterocycles. The Hall–Kier alpha value is -3.80. The van der Waals surface area contributed by atoms with Crippen molar-refractivity contribution in [3.8, 4) is 0 Å². The number of fused-ring (bicyclic) bond motifs is 2. The summed E-state index contributed by atoms with van der Waals surface area (Å²) in [5, 5.41) is 5.87. The fraction of sp³-hybridized carbons (Fsp3) is 0.167. The highest BCUT2D eigenvalue weighted by Gasteiger charge is 2.35. The Morgan fingerprint density at radius 3 is 2.67 bits per heavy atom. The van der Waals surface area contributed by atoms with E-state index in [1.165, 1.54) is 0 Å². The maximum atomic E-state index is 12.4. The highest BCUT2D eigenvalue weighted by molar-refractivity contribution is 6.04. The van der Waals surface area contributed by atoms with Crippen LogP contribution in [0.4, 0.5) is 5.82 Å². The van der Waals surface area contributed by atoms with Crippen LogP contribution < -0.4 is 10.6 Å². The summed E-state index contributed by atoms with van der Waals surface area (Å²) >= 11 is 0. The van der Waals surface area contributed by atoms with Crippen molar-refractivity contribution in [2.45, 2.75) is 25.8 Å². The number of carbonyl (C=O) groups is 2. The number of allylic oxidation sites excluding steroid dienone is 1. The van der Waals surface area contributed by atoms with Crippen LogP contribution in [0.25, 0.3) is 5.57 Å². The Morgan fingerprint density at radius 2 is 1.87 bits per heavy atom. The number of hydrogen-bond donors (Lipinski definition) is 2. The molecule has 154 valence electrons. The number of benzene rings is 1. The van der Waals surface area contributed by atoms with Gasteiger partial charge in [-0.3, -0.25) is 14.6 Å². The van der Waals surface area contributed by atoms with Crippen LogP contribution in [-0.4, -0.2) is 21.8 Å². The van der Waals surface area contributed by atoms with Gasteiger partial charge in [-0.15, -0.1) is 0 Å². The summed E-state index contributed by atoms with van der Waals surface area (Å²) in [7, 11) is 0. The molecule has 1 aromatic carbocycles. The van der Waals surface area contributed by atoms with Gasteiger partial charge < -0.3 is 10.6 Å². The number of nitrogens with zero attached hydrogens (tertiary/aromatic N) is 2. The summed E-state index contributed by atoms with van der Waals surface area (Å²) in [4.78, 5) is 33.1. The number of aromatic nitrogens is 2. The molecule has 0 fully saturated rings. The Labute approximate surface area is 178 Å². The minimum atomic E-state index is -0.385. The molecule has 6 heteroatoms. The van der Waals surface area contributed by atoms with E-state index in [9.17, 15) is 9.59 Å². The number of anilines is 1. The topological polar surface area (TPSA) is 84.0 Å². The number of amides is 2. The molecule has 2 N–H and O–H groups in total. The lowest BCUT2D eigenvalue weighted by atomic mass is 9.90. The monoisotopic (exact) mass is 402 g/mol. The zero-order valence-corrected chi connectivity index (χ0v) is 16.7. The van der Waals surface area contributed by atoms with Crippen molar-refractivity contribution in [1.82, 2.24) is 15.3 Å². The van der Waals surface area contributed by atoms with Crippen molar-refractivity contribution in [1.29, 1.82) is 0 Å². The van der Waals surface area contributed by atoms with Crippen LogP contribution in [0.3, 0.4) is 0 Å². The molecule has 0 unspecified atom stereocenters. The average Bonchev–Trinajstić information content (AvgIpc) is 3.26. The summed E-state index contributed by atoms with van der Waals surface area (Å²) in [5.41, 5.74) is 6.02. The SMILES string of the molecule is CC1(C)NC(=O)c2ccc(C3=CCc4nc(NC(=O)c5ccncc5)ccc43)cc21.[HH].[HH].[HH]. The van der Waals surface area contributed by atoms with Gasteiger partial charge in [0.05, 0.1) is 11.2 Å². The quantitative estimate of drug-likeness (QED) is 0.679. The first-order valence-electron chi connectivity index (χ1n) is 9.82. The highest BCUT2D eigenvalue weighted by atomic mass is 16.2. The molecule has 0 radical (unpaired) electrons. The number of nitrogens with one attached hydrogen (secondary N) is 2. The predicted molar refractivity (Wildman–Crippen MR) is 120 cm³/mol. The van der Waals surface area contributed by atoms with E-state index in [-0.39, 0.29) is 21.6 Å². The Balaban J connectivity index is 0.00000128. The zero-order valence-electron chi connectivity index (χ0n) is 16.7. The van der Waals surface area contributed by atoms with Crippen LogP contribution >= 0.6 is 0 Å². The summed E-state index contributed by atoms with van der Waals surface area (Å²) in [6.07, 6.45) is 6.01. The molecule has 2 aromatic heterocycles. The maximum absolute atomic E-state index is 12.4. The smallest absolute Gasteiger partial charge is 0.256 e. The van der Waals surface area contributed by atoms with Crippen molar-refractivity contribution in [3.05, 3.63) is 94.4 Å². The summed E-state index contributed by atoms with van der Waals surface area (Å²) in [6.45, 7) is 4.02. The molecule has 0 atom stereocenters. The van der Waals surface area contributed by atoms with Crippen LogP contribution in [0, 0.1) is 0 Å². The van der Waals surface area contributed by atoms with Gasteiger partial charge in [0.15, 0.2) is 0 Å². The minimum absolute atomic E-state index is 0. The molecule has 6 nitrogen and oxygen atoms in total. The summed E-state index contributed by atoms with van der Waals surface area (Å²) in [5.74, 6) is 0.280. The van der Waals surface area contributed by atoms with E-state index in [0.717, 1.165) is 33.5 Å². The number of rotatable bonds is 3. The van der Waals surface area contributed by atoms with Crippen LogP contribution in [0.1, 0.15) is 61.2 Å². The van der Waals surface area contributed by atoms with Crippen molar-refractivity contribution >= 4 is 23.2 Å². The number of hydrogen-bond acceptors (Lipinski definition) is 4. The second-order valence-corrected chi connectivity index (χ2v) is 8.04. The molecule has 0 saturated carbocycles. The third-order valence-electron chi connectivity index (χ3n) is 5.62. The van der Waals surface area contributed by atoms with E-state index in [2.05, 4.69) is 32.7 Å². The van der Waals surface area contributed by atoms with Crippen molar-refractivity contribution in [2.24, 2.45) is 0 Å². The van der Waals surface area contributed by atoms with E-state index in [1.54, 1.807) is 24.5 Å². The Kier molecular flexibility index (Phi) is 4.03. The van der Waals surface area contributed by atoms with Crippen molar-refractivity contribution in [2.75, 3.05) is 5.32 Å². The third kappa shape index (κ3) is 2.97. The first kappa shape index (κ1) is 18.2. The van der Waals surface area contributed by atoms with Gasteiger partial charge in [-0.25, -0.2) is 4.98 Å². The minimum Gasteiger partial charge on any atom is -0.343 e. The van der Waals surface area contributed by atoms with Crippen molar-refractivity contribution < 1.29 is 13.9 Å². The molecule has 3 aromatic rings. The van der Waals surface area contributed by atoms with E-state index < -0.39 is 0 Å². The second-order valence-electron chi connectivity index (χ2n) is 8.04. The Morgan fingerprint density at radius 1 is 1.10 bits per heavy atom. The van der Waals surface area contributed by atoms with Crippen LogP contribution in [0.5, 0.6) is 0 Å². The van der Waals surface area contributed by atoms with E-state index >= 15 is 0 Å². The second kappa shape index (κ2) is 6.62. The molecular weight excluding hydrogens is 376 g/mol. The fourth-order valence-corrected chi connectivity index (χ4v) is 4.09. The molecule has 1 aliphatic heterocycles. The molecule has 2 amide bonds. The van der Waals surface area contributed by atoms with Gasteiger partial charge in [-0.05, 0) is 66.9 Å². The molecule has 1 aliphatic carbocycles. The molecule has 0 spiro atoms. The van der Waals surface area contributed by atoms with Gasteiger partial charge in [0.25, 0.3) is 11.8 Å². The Bertz CT molecular complexity index is 1240. The summed E-state index contributed by atoms with van der Waals surface area (Å²) < 4.78 is 0. The first-order valence-corrected chi connectivity index (χ1v) is 9.82. The highest BCUT2D eigenvalue weighted by Crippen LogP contribution is 2.37. The number of carbonyl (C=O) groups excluding carboxylic acids is 2. The predicted octanol–water partition coefficient (Wildman–Crippen LogP) is 4.43. The molecule has 0 saturated heterocycles. The molecule has 2 aliphatic rings. The average molecular weight is 402 g/mol.